The fourth-order valence-corrected chi connectivity index (χ4v) is 3.71. The van der Waals surface area contributed by atoms with Crippen molar-refractivity contribution in [3.63, 3.8) is 0 Å². The lowest BCUT2D eigenvalue weighted by atomic mass is 9.94. The van der Waals surface area contributed by atoms with E-state index in [1.807, 2.05) is 19.2 Å². The molecule has 1 aliphatic heterocycles. The summed E-state index contributed by atoms with van der Waals surface area (Å²) in [5, 5.41) is 3.42. The number of thiophene rings is 1. The number of aliphatic imine (C=N–C) groups is 1. The highest BCUT2D eigenvalue weighted by Crippen LogP contribution is 2.24. The van der Waals surface area contributed by atoms with E-state index in [1.165, 1.54) is 4.88 Å². The van der Waals surface area contributed by atoms with Crippen LogP contribution in [-0.2, 0) is 16.0 Å². The first-order valence-electron chi connectivity index (χ1n) is 7.37. The second-order valence-corrected chi connectivity index (χ2v) is 7.26. The van der Waals surface area contributed by atoms with Gasteiger partial charge in [0.05, 0.1) is 16.5 Å². The van der Waals surface area contributed by atoms with Crippen molar-refractivity contribution in [2.45, 2.75) is 25.0 Å². The van der Waals surface area contributed by atoms with Crippen LogP contribution >= 0.6 is 22.9 Å². The predicted molar refractivity (Wildman–Crippen MR) is 92.0 cm³/mol. The Morgan fingerprint density at radius 1 is 1.50 bits per heavy atom. The van der Waals surface area contributed by atoms with E-state index in [0.29, 0.717) is 0 Å². The van der Waals surface area contributed by atoms with Crippen LogP contribution in [0, 0.1) is 0 Å². The van der Waals surface area contributed by atoms with Crippen molar-refractivity contribution in [2.24, 2.45) is 4.99 Å². The van der Waals surface area contributed by atoms with Crippen LogP contribution in [0.4, 0.5) is 0 Å². The van der Waals surface area contributed by atoms with Gasteiger partial charge in [-0.25, -0.2) is 0 Å². The van der Waals surface area contributed by atoms with Crippen LogP contribution in [0.1, 0.15) is 17.7 Å². The Kier molecular flexibility index (Phi) is 6.50. The number of guanidine groups is 1. The molecular weight excluding hydrogens is 322 g/mol. The van der Waals surface area contributed by atoms with Crippen molar-refractivity contribution in [1.29, 1.82) is 0 Å². The number of nitrogens with zero attached hydrogens (tertiary/aromatic N) is 2. The van der Waals surface area contributed by atoms with Crippen LogP contribution in [0.5, 0.6) is 0 Å². The predicted octanol–water partition coefficient (Wildman–Crippen LogP) is 2.60. The van der Waals surface area contributed by atoms with E-state index in [-0.39, 0.29) is 5.60 Å². The van der Waals surface area contributed by atoms with Gasteiger partial charge in [0.2, 0.25) is 0 Å². The molecule has 0 amide bonds. The summed E-state index contributed by atoms with van der Waals surface area (Å²) in [7, 11) is 5.59. The van der Waals surface area contributed by atoms with Gasteiger partial charge in [0.1, 0.15) is 0 Å². The molecule has 124 valence electrons. The molecule has 0 saturated carbocycles. The minimum absolute atomic E-state index is 0.165. The zero-order valence-corrected chi connectivity index (χ0v) is 15.0. The largest absolute Gasteiger partial charge is 0.381 e. The lowest BCUT2D eigenvalue weighted by Crippen LogP contribution is -2.50. The van der Waals surface area contributed by atoms with E-state index < -0.39 is 0 Å². The van der Waals surface area contributed by atoms with Crippen LogP contribution in [0.25, 0.3) is 0 Å². The van der Waals surface area contributed by atoms with E-state index in [2.05, 4.69) is 15.2 Å². The molecule has 0 aromatic carbocycles. The number of nitrogens with one attached hydrogen (secondary N) is 1. The van der Waals surface area contributed by atoms with Crippen LogP contribution in [0.15, 0.2) is 17.1 Å². The normalized spacial score (nSPS) is 18.3. The minimum atomic E-state index is -0.165. The maximum Gasteiger partial charge on any atom is 0.193 e. The van der Waals surface area contributed by atoms with Gasteiger partial charge >= 0.3 is 0 Å². The number of ether oxygens (including phenoxy) is 2. The molecule has 1 N–H and O–H groups in total. The minimum Gasteiger partial charge on any atom is -0.381 e. The highest BCUT2D eigenvalue weighted by atomic mass is 35.5. The Bertz CT molecular complexity index is 501. The molecule has 0 bridgehead atoms. The highest BCUT2D eigenvalue weighted by Gasteiger charge is 2.32. The molecule has 1 aromatic rings. The lowest BCUT2D eigenvalue weighted by molar-refractivity contribution is -0.0857. The lowest BCUT2D eigenvalue weighted by Gasteiger charge is -2.37. The zero-order valence-electron chi connectivity index (χ0n) is 13.4. The fourth-order valence-electron chi connectivity index (χ4n) is 2.57. The van der Waals surface area contributed by atoms with Gasteiger partial charge in [-0.05, 0) is 12.1 Å². The van der Waals surface area contributed by atoms with Crippen molar-refractivity contribution in [3.8, 4) is 0 Å². The third-order valence-corrected chi connectivity index (χ3v) is 5.22. The molecule has 0 unspecified atom stereocenters. The summed E-state index contributed by atoms with van der Waals surface area (Å²) >= 11 is 7.58. The van der Waals surface area contributed by atoms with Crippen molar-refractivity contribution < 1.29 is 9.47 Å². The maximum atomic E-state index is 5.98. The van der Waals surface area contributed by atoms with Crippen LogP contribution in [0.3, 0.4) is 0 Å². The second kappa shape index (κ2) is 8.15. The summed E-state index contributed by atoms with van der Waals surface area (Å²) in [6.07, 6.45) is 1.80. The molecule has 1 aliphatic rings. The molecule has 1 aromatic heterocycles. The number of hydrogen-bond acceptors (Lipinski definition) is 4. The molecule has 1 fully saturated rings. The fraction of sp³-hybridized carbons (Fsp3) is 0.667. The van der Waals surface area contributed by atoms with Gasteiger partial charge < -0.3 is 19.7 Å². The van der Waals surface area contributed by atoms with Gasteiger partial charge in [-0.15, -0.1) is 11.3 Å². The maximum absolute atomic E-state index is 5.98. The SMILES string of the molecule is CN=C(NCC1(OC)CCOCC1)N(C)Cc1ccc(Cl)s1. The molecule has 5 nitrogen and oxygen atoms in total. The van der Waals surface area contributed by atoms with Gasteiger partial charge in [-0.2, -0.15) is 0 Å². The topological polar surface area (TPSA) is 46.1 Å². The molecule has 2 rings (SSSR count). The van der Waals surface area contributed by atoms with Gasteiger partial charge in [-0.3, -0.25) is 4.99 Å². The average Bonchev–Trinajstić information content (AvgIpc) is 2.94. The molecular formula is C15H24ClN3O2S. The standard InChI is InChI=1S/C15H24ClN3O2S/c1-17-14(19(2)10-12-4-5-13(16)22-12)18-11-15(20-3)6-8-21-9-7-15/h4-5H,6-11H2,1-3H3,(H,17,18). The quantitative estimate of drug-likeness (QED) is 0.658. The van der Waals surface area contributed by atoms with Crippen LogP contribution in [0.2, 0.25) is 4.34 Å². The smallest absolute Gasteiger partial charge is 0.193 e. The van der Waals surface area contributed by atoms with Crippen molar-refractivity contribution in [1.82, 2.24) is 10.2 Å². The number of hydrogen-bond donors (Lipinski definition) is 1. The first kappa shape index (κ1) is 17.5. The molecule has 0 spiro atoms. The first-order chi connectivity index (χ1) is 10.6. The highest BCUT2D eigenvalue weighted by molar-refractivity contribution is 7.16. The molecule has 0 radical (unpaired) electrons. The molecule has 0 atom stereocenters. The van der Waals surface area contributed by atoms with Gasteiger partial charge in [-0.1, -0.05) is 11.6 Å². The third-order valence-electron chi connectivity index (χ3n) is 4.00. The molecule has 7 heteroatoms. The summed E-state index contributed by atoms with van der Waals surface area (Å²) in [6.45, 7) is 3.00. The molecule has 22 heavy (non-hydrogen) atoms. The van der Waals surface area contributed by atoms with Crippen LogP contribution < -0.4 is 5.32 Å². The van der Waals surface area contributed by atoms with Crippen molar-refractivity contribution in [3.05, 3.63) is 21.3 Å². The first-order valence-corrected chi connectivity index (χ1v) is 8.57. The molecule has 1 saturated heterocycles. The van der Waals surface area contributed by atoms with E-state index in [0.717, 1.165) is 49.4 Å². The van der Waals surface area contributed by atoms with Crippen molar-refractivity contribution >= 4 is 28.9 Å². The second-order valence-electron chi connectivity index (χ2n) is 5.46. The number of methoxy groups -OCH3 is 1. The van der Waals surface area contributed by atoms with Crippen molar-refractivity contribution in [2.75, 3.05) is 41.0 Å². The van der Waals surface area contributed by atoms with E-state index in [1.54, 1.807) is 25.5 Å². The summed E-state index contributed by atoms with van der Waals surface area (Å²) < 4.78 is 12.0. The monoisotopic (exact) mass is 345 g/mol. The molecule has 2 heterocycles. The molecule has 0 aliphatic carbocycles. The zero-order chi connectivity index (χ0) is 16.0. The Balaban J connectivity index is 1.91. The van der Waals surface area contributed by atoms with Gasteiger partial charge in [0, 0.05) is 58.7 Å². The Morgan fingerprint density at radius 2 is 2.23 bits per heavy atom. The van der Waals surface area contributed by atoms with Crippen LogP contribution in [-0.4, -0.2) is 57.4 Å². The number of rotatable bonds is 5. The number of halogens is 1. The Morgan fingerprint density at radius 3 is 2.77 bits per heavy atom. The average molecular weight is 346 g/mol. The third kappa shape index (κ3) is 4.59. The van der Waals surface area contributed by atoms with E-state index >= 15 is 0 Å². The summed E-state index contributed by atoms with van der Waals surface area (Å²) in [4.78, 5) is 7.66. The summed E-state index contributed by atoms with van der Waals surface area (Å²) in [5.41, 5.74) is -0.165. The van der Waals surface area contributed by atoms with E-state index in [9.17, 15) is 0 Å². The summed E-state index contributed by atoms with van der Waals surface area (Å²) in [6, 6.07) is 3.97. The summed E-state index contributed by atoms with van der Waals surface area (Å²) in [5.74, 6) is 0.854. The van der Waals surface area contributed by atoms with E-state index in [4.69, 9.17) is 21.1 Å². The Hall–Kier alpha value is -0.820. The van der Waals surface area contributed by atoms with Gasteiger partial charge in [0.15, 0.2) is 5.96 Å². The Labute approximate surface area is 141 Å². The van der Waals surface area contributed by atoms with Gasteiger partial charge in [0.25, 0.3) is 0 Å².